The SMILES string of the molecule is Cc1cc([C@@H](C)Nc2cccnc2-c2cccnc2)c2oc(C3=CNCC=C3)c(C)c(=O)c2c1. The molecule has 1 atom stereocenters. The van der Waals surface area contributed by atoms with Gasteiger partial charge in [0.1, 0.15) is 11.3 Å². The van der Waals surface area contributed by atoms with Gasteiger partial charge in [-0.15, -0.1) is 0 Å². The number of nitrogens with one attached hydrogen (secondary N) is 2. The molecule has 5 rings (SSSR count). The van der Waals surface area contributed by atoms with Crippen LogP contribution in [0.1, 0.15) is 35.4 Å². The molecule has 6 nitrogen and oxygen atoms in total. The largest absolute Gasteiger partial charge is 0.455 e. The maximum Gasteiger partial charge on any atom is 0.196 e. The third-order valence-corrected chi connectivity index (χ3v) is 6.03. The molecule has 0 radical (unpaired) electrons. The Bertz CT molecular complexity index is 1490. The first-order valence-electron chi connectivity index (χ1n) is 11.3. The highest BCUT2D eigenvalue weighted by Gasteiger charge is 2.20. The van der Waals surface area contributed by atoms with Crippen molar-refractivity contribution >= 4 is 22.2 Å². The van der Waals surface area contributed by atoms with Gasteiger partial charge in [-0.2, -0.15) is 0 Å². The highest BCUT2D eigenvalue weighted by atomic mass is 16.3. The fraction of sp³-hybridized carbons (Fsp3) is 0.179. The number of allylic oxidation sites excluding steroid dienone is 2. The molecule has 34 heavy (non-hydrogen) atoms. The summed E-state index contributed by atoms with van der Waals surface area (Å²) in [5.74, 6) is 0.593. The van der Waals surface area contributed by atoms with E-state index in [-0.39, 0.29) is 11.5 Å². The third kappa shape index (κ3) is 3.99. The summed E-state index contributed by atoms with van der Waals surface area (Å²) < 4.78 is 6.45. The number of fused-ring (bicyclic) bond motifs is 1. The maximum absolute atomic E-state index is 13.3. The molecule has 0 unspecified atom stereocenters. The van der Waals surface area contributed by atoms with Crippen LogP contribution in [0.4, 0.5) is 5.69 Å². The Morgan fingerprint density at radius 2 is 2.00 bits per heavy atom. The number of dihydropyridines is 1. The van der Waals surface area contributed by atoms with Crippen molar-refractivity contribution in [3.8, 4) is 11.3 Å². The van der Waals surface area contributed by atoms with Gasteiger partial charge in [0.05, 0.1) is 22.8 Å². The van der Waals surface area contributed by atoms with E-state index in [1.165, 1.54) is 0 Å². The molecule has 4 aromatic rings. The number of rotatable bonds is 5. The number of aryl methyl sites for hydroxylation is 1. The van der Waals surface area contributed by atoms with Crippen LogP contribution in [0.25, 0.3) is 27.8 Å². The normalized spacial score (nSPS) is 13.9. The molecule has 0 saturated heterocycles. The minimum Gasteiger partial charge on any atom is -0.455 e. The zero-order valence-electron chi connectivity index (χ0n) is 19.4. The summed E-state index contributed by atoms with van der Waals surface area (Å²) in [6.45, 7) is 6.65. The standard InChI is InChI=1S/C28H26N4O2/c1-17-13-22(19(3)32-24-9-6-12-31-25(24)20-7-4-10-29-15-20)28-23(14-17)26(33)18(2)27(34-28)21-8-5-11-30-16-21/h4-10,12-16,19,30,32H,11H2,1-3H3/t19-/m1/s1. The smallest absolute Gasteiger partial charge is 0.196 e. The molecule has 0 aliphatic carbocycles. The Kier molecular flexibility index (Phi) is 5.72. The number of aromatic nitrogens is 2. The quantitative estimate of drug-likeness (QED) is 0.416. The van der Waals surface area contributed by atoms with E-state index in [0.29, 0.717) is 22.3 Å². The lowest BCUT2D eigenvalue weighted by atomic mass is 9.98. The number of benzene rings is 1. The van der Waals surface area contributed by atoms with Crippen LogP contribution in [0.3, 0.4) is 0 Å². The molecule has 170 valence electrons. The molecule has 6 heteroatoms. The summed E-state index contributed by atoms with van der Waals surface area (Å²) >= 11 is 0. The van der Waals surface area contributed by atoms with E-state index < -0.39 is 0 Å². The van der Waals surface area contributed by atoms with Crippen molar-refractivity contribution in [1.82, 2.24) is 15.3 Å². The van der Waals surface area contributed by atoms with Gasteiger partial charge >= 0.3 is 0 Å². The number of nitrogens with zero attached hydrogens (tertiary/aromatic N) is 2. The average Bonchev–Trinajstić information content (AvgIpc) is 2.87. The second-order valence-corrected chi connectivity index (χ2v) is 8.53. The van der Waals surface area contributed by atoms with Gasteiger partial charge in [0.25, 0.3) is 0 Å². The lowest BCUT2D eigenvalue weighted by Crippen LogP contribution is -2.15. The molecule has 1 aromatic carbocycles. The minimum atomic E-state index is -0.144. The lowest BCUT2D eigenvalue weighted by Gasteiger charge is -2.20. The molecule has 2 N–H and O–H groups in total. The molecule has 0 saturated carbocycles. The van der Waals surface area contributed by atoms with E-state index in [9.17, 15) is 4.79 Å². The zero-order valence-corrected chi connectivity index (χ0v) is 19.4. The zero-order chi connectivity index (χ0) is 23.7. The highest BCUT2D eigenvalue weighted by molar-refractivity contribution is 5.85. The second kappa shape index (κ2) is 8.98. The second-order valence-electron chi connectivity index (χ2n) is 8.53. The van der Waals surface area contributed by atoms with E-state index >= 15 is 0 Å². The van der Waals surface area contributed by atoms with E-state index in [2.05, 4.69) is 33.6 Å². The van der Waals surface area contributed by atoms with Gasteiger partial charge in [-0.05, 0) is 56.7 Å². The number of anilines is 1. The van der Waals surface area contributed by atoms with Gasteiger partial charge < -0.3 is 15.1 Å². The maximum atomic E-state index is 13.3. The first kappa shape index (κ1) is 21.6. The summed E-state index contributed by atoms with van der Waals surface area (Å²) in [6.07, 6.45) is 11.2. The monoisotopic (exact) mass is 450 g/mol. The molecule has 0 bridgehead atoms. The van der Waals surface area contributed by atoms with Crippen molar-refractivity contribution in [2.24, 2.45) is 0 Å². The van der Waals surface area contributed by atoms with Crippen LogP contribution >= 0.6 is 0 Å². The Balaban J connectivity index is 1.62. The van der Waals surface area contributed by atoms with Crippen LogP contribution in [-0.2, 0) is 0 Å². The third-order valence-electron chi connectivity index (χ3n) is 6.03. The van der Waals surface area contributed by atoms with Crippen molar-refractivity contribution in [3.05, 3.63) is 106 Å². The average molecular weight is 451 g/mol. The summed E-state index contributed by atoms with van der Waals surface area (Å²) in [4.78, 5) is 22.2. The van der Waals surface area contributed by atoms with Crippen LogP contribution in [0.2, 0.25) is 0 Å². The first-order chi connectivity index (χ1) is 16.5. The predicted octanol–water partition coefficient (Wildman–Crippen LogP) is 5.54. The van der Waals surface area contributed by atoms with Crippen LogP contribution in [0.5, 0.6) is 0 Å². The Morgan fingerprint density at radius 1 is 1.15 bits per heavy atom. The number of pyridine rings is 2. The molecule has 0 fully saturated rings. The molecule has 1 aliphatic heterocycles. The van der Waals surface area contributed by atoms with Gasteiger partial charge in [-0.25, -0.2) is 0 Å². The van der Waals surface area contributed by atoms with E-state index in [1.807, 2.05) is 62.5 Å². The predicted molar refractivity (Wildman–Crippen MR) is 137 cm³/mol. The van der Waals surface area contributed by atoms with Crippen molar-refractivity contribution in [1.29, 1.82) is 0 Å². The fourth-order valence-corrected chi connectivity index (χ4v) is 4.34. The van der Waals surface area contributed by atoms with Gasteiger partial charge in [-0.1, -0.05) is 18.2 Å². The molecule has 1 aliphatic rings. The highest BCUT2D eigenvalue weighted by Crippen LogP contribution is 2.33. The Morgan fingerprint density at radius 3 is 2.76 bits per heavy atom. The summed E-state index contributed by atoms with van der Waals surface area (Å²) in [5.41, 5.74) is 6.62. The molecular formula is C28H26N4O2. The molecule has 3 aromatic heterocycles. The van der Waals surface area contributed by atoms with Gasteiger partial charge in [-0.3, -0.25) is 14.8 Å². The van der Waals surface area contributed by atoms with E-state index in [0.717, 1.165) is 40.2 Å². The van der Waals surface area contributed by atoms with Crippen LogP contribution in [-0.4, -0.2) is 16.5 Å². The molecule has 4 heterocycles. The Hall–Kier alpha value is -4.19. The molecular weight excluding hydrogens is 424 g/mol. The van der Waals surface area contributed by atoms with Crippen molar-refractivity contribution < 1.29 is 4.42 Å². The topological polar surface area (TPSA) is 80.1 Å². The number of hydrogen-bond donors (Lipinski definition) is 2. The van der Waals surface area contributed by atoms with Crippen LogP contribution < -0.4 is 16.1 Å². The van der Waals surface area contributed by atoms with E-state index in [1.54, 1.807) is 18.6 Å². The molecule has 0 amide bonds. The van der Waals surface area contributed by atoms with Gasteiger partial charge in [0.2, 0.25) is 0 Å². The van der Waals surface area contributed by atoms with Crippen LogP contribution in [0, 0.1) is 13.8 Å². The molecule has 0 spiro atoms. The fourth-order valence-electron chi connectivity index (χ4n) is 4.34. The van der Waals surface area contributed by atoms with Gasteiger partial charge in [0, 0.05) is 53.6 Å². The van der Waals surface area contributed by atoms with Crippen molar-refractivity contribution in [2.45, 2.75) is 26.8 Å². The van der Waals surface area contributed by atoms with Gasteiger partial charge in [0.15, 0.2) is 5.43 Å². The number of hydrogen-bond acceptors (Lipinski definition) is 6. The van der Waals surface area contributed by atoms with Crippen LogP contribution in [0.15, 0.2) is 82.6 Å². The van der Waals surface area contributed by atoms with Crippen molar-refractivity contribution in [3.63, 3.8) is 0 Å². The summed E-state index contributed by atoms with van der Waals surface area (Å²) in [6, 6.07) is 11.6. The summed E-state index contributed by atoms with van der Waals surface area (Å²) in [5, 5.41) is 7.37. The minimum absolute atomic E-state index is 0.00861. The first-order valence-corrected chi connectivity index (χ1v) is 11.3. The van der Waals surface area contributed by atoms with Crippen molar-refractivity contribution in [2.75, 3.05) is 11.9 Å². The lowest BCUT2D eigenvalue weighted by molar-refractivity contribution is 0.574. The van der Waals surface area contributed by atoms with E-state index in [4.69, 9.17) is 4.42 Å². The summed E-state index contributed by atoms with van der Waals surface area (Å²) in [7, 11) is 0. The Labute approximate surface area is 198 Å².